The predicted molar refractivity (Wildman–Crippen MR) is 47.4 cm³/mol. The number of hydrogen-bond donors (Lipinski definition) is 1. The first-order valence-corrected chi connectivity index (χ1v) is 4.88. The molecule has 0 unspecified atom stereocenters. The second kappa shape index (κ2) is 4.38. The third-order valence-electron chi connectivity index (χ3n) is 2.28. The van der Waals surface area contributed by atoms with Crippen molar-refractivity contribution in [3.05, 3.63) is 11.8 Å². The maximum atomic E-state index is 12.2. The molecule has 8 heteroatoms. The quantitative estimate of drug-likeness (QED) is 0.810. The van der Waals surface area contributed by atoms with Gasteiger partial charge in [-0.25, -0.2) is 0 Å². The molecule has 0 aromatic carbocycles. The summed E-state index contributed by atoms with van der Waals surface area (Å²) in [5.41, 5.74) is 0. The molecule has 1 aliphatic heterocycles. The number of hydrogen-bond acceptors (Lipinski definition) is 5. The van der Waals surface area contributed by atoms with Crippen LogP contribution >= 0.6 is 0 Å². The van der Waals surface area contributed by atoms with Gasteiger partial charge in [0.05, 0.1) is 6.54 Å². The molecule has 0 aliphatic carbocycles. The largest absolute Gasteiger partial charge is 0.470 e. The van der Waals surface area contributed by atoms with E-state index in [9.17, 15) is 13.2 Å². The van der Waals surface area contributed by atoms with E-state index in [1.165, 1.54) is 0 Å². The molecule has 1 aliphatic rings. The van der Waals surface area contributed by atoms with Crippen LogP contribution in [0.25, 0.3) is 0 Å². The Balaban J connectivity index is 1.97. The van der Waals surface area contributed by atoms with Gasteiger partial charge in [0.2, 0.25) is 5.89 Å². The van der Waals surface area contributed by atoms with Crippen molar-refractivity contribution in [2.45, 2.75) is 12.7 Å². The molecule has 90 valence electrons. The van der Waals surface area contributed by atoms with Gasteiger partial charge in [-0.1, -0.05) is 0 Å². The second-order valence-electron chi connectivity index (χ2n) is 3.52. The fraction of sp³-hybridized carbons (Fsp3) is 0.750. The third kappa shape index (κ3) is 2.70. The van der Waals surface area contributed by atoms with Gasteiger partial charge >= 0.3 is 12.1 Å². The zero-order valence-corrected chi connectivity index (χ0v) is 8.42. The fourth-order valence-corrected chi connectivity index (χ4v) is 1.49. The van der Waals surface area contributed by atoms with E-state index in [1.807, 2.05) is 4.90 Å². The summed E-state index contributed by atoms with van der Waals surface area (Å²) < 4.78 is 41.0. The van der Waals surface area contributed by atoms with Crippen LogP contribution in [0.2, 0.25) is 0 Å². The standard InChI is InChI=1S/C8H11F3N4O/c9-8(10,11)7-14-13-6(16-7)5-15-3-1-12-2-4-15/h12H,1-5H2. The van der Waals surface area contributed by atoms with Crippen molar-refractivity contribution in [3.63, 3.8) is 0 Å². The molecule has 1 aromatic heterocycles. The first kappa shape index (κ1) is 11.3. The van der Waals surface area contributed by atoms with Gasteiger partial charge in [0, 0.05) is 26.2 Å². The SMILES string of the molecule is FC(F)(F)c1nnc(CN2CCNCC2)o1. The summed E-state index contributed by atoms with van der Waals surface area (Å²) in [5, 5.41) is 9.49. The number of halogens is 3. The van der Waals surface area contributed by atoms with Gasteiger partial charge in [-0.3, -0.25) is 4.90 Å². The number of rotatable bonds is 2. The lowest BCUT2D eigenvalue weighted by Crippen LogP contribution is -2.42. The Bertz CT molecular complexity index is 345. The maximum Gasteiger partial charge on any atom is 0.470 e. The van der Waals surface area contributed by atoms with Crippen molar-refractivity contribution in [2.24, 2.45) is 0 Å². The molecular weight excluding hydrogens is 225 g/mol. The zero-order valence-electron chi connectivity index (χ0n) is 8.42. The molecule has 2 rings (SSSR count). The Hall–Kier alpha value is -1.15. The molecule has 1 N–H and O–H groups in total. The van der Waals surface area contributed by atoms with Crippen molar-refractivity contribution in [1.82, 2.24) is 20.4 Å². The van der Waals surface area contributed by atoms with Gasteiger partial charge in [0.1, 0.15) is 0 Å². The Kier molecular flexibility index (Phi) is 3.10. The number of alkyl halides is 3. The summed E-state index contributed by atoms with van der Waals surface area (Å²) in [6.45, 7) is 3.44. The highest BCUT2D eigenvalue weighted by Gasteiger charge is 2.38. The zero-order chi connectivity index (χ0) is 11.6. The Morgan fingerprint density at radius 3 is 2.50 bits per heavy atom. The van der Waals surface area contributed by atoms with Crippen LogP contribution in [-0.4, -0.2) is 41.3 Å². The Morgan fingerprint density at radius 2 is 1.94 bits per heavy atom. The number of aromatic nitrogens is 2. The normalized spacial score (nSPS) is 18.9. The summed E-state index contributed by atoms with van der Waals surface area (Å²) >= 11 is 0. The van der Waals surface area contributed by atoms with Gasteiger partial charge in [0.25, 0.3) is 0 Å². The monoisotopic (exact) mass is 236 g/mol. The molecule has 1 fully saturated rings. The molecule has 2 heterocycles. The predicted octanol–water partition coefficient (Wildman–Crippen LogP) is 0.494. The Labute approximate surface area is 89.6 Å². The summed E-state index contributed by atoms with van der Waals surface area (Å²) in [5.74, 6) is -1.27. The second-order valence-corrected chi connectivity index (χ2v) is 3.52. The van der Waals surface area contributed by atoms with Gasteiger partial charge in [-0.2, -0.15) is 13.2 Å². The lowest BCUT2D eigenvalue weighted by molar-refractivity contribution is -0.157. The molecule has 5 nitrogen and oxygen atoms in total. The summed E-state index contributed by atoms with van der Waals surface area (Å²) in [4.78, 5) is 1.96. The first-order valence-electron chi connectivity index (χ1n) is 4.88. The first-order chi connectivity index (χ1) is 7.55. The minimum Gasteiger partial charge on any atom is -0.416 e. The molecule has 0 spiro atoms. The summed E-state index contributed by atoms with van der Waals surface area (Å²) in [6, 6.07) is 0. The molecule has 0 bridgehead atoms. The van der Waals surface area contributed by atoms with Crippen LogP contribution in [0.15, 0.2) is 4.42 Å². The van der Waals surface area contributed by atoms with E-state index in [4.69, 9.17) is 0 Å². The van der Waals surface area contributed by atoms with Gasteiger partial charge in [-0.05, 0) is 0 Å². The molecule has 0 amide bonds. The van der Waals surface area contributed by atoms with E-state index in [-0.39, 0.29) is 12.4 Å². The van der Waals surface area contributed by atoms with E-state index in [0.717, 1.165) is 26.2 Å². The minimum atomic E-state index is -4.56. The van der Waals surface area contributed by atoms with Crippen molar-refractivity contribution < 1.29 is 17.6 Å². The van der Waals surface area contributed by atoms with Crippen LogP contribution in [0.5, 0.6) is 0 Å². The Morgan fingerprint density at radius 1 is 1.25 bits per heavy atom. The summed E-state index contributed by atoms with van der Waals surface area (Å²) in [6.07, 6.45) is -4.56. The number of nitrogens with one attached hydrogen (secondary N) is 1. The van der Waals surface area contributed by atoms with E-state index in [2.05, 4.69) is 19.9 Å². The fourth-order valence-electron chi connectivity index (χ4n) is 1.49. The van der Waals surface area contributed by atoms with Crippen LogP contribution in [0.4, 0.5) is 13.2 Å². The third-order valence-corrected chi connectivity index (χ3v) is 2.28. The van der Waals surface area contributed by atoms with E-state index < -0.39 is 12.1 Å². The highest BCUT2D eigenvalue weighted by molar-refractivity contribution is 4.86. The minimum absolute atomic E-state index is 0.00854. The van der Waals surface area contributed by atoms with Gasteiger partial charge in [-0.15, -0.1) is 10.2 Å². The van der Waals surface area contributed by atoms with Gasteiger partial charge in [0.15, 0.2) is 0 Å². The van der Waals surface area contributed by atoms with E-state index in [0.29, 0.717) is 0 Å². The molecule has 0 atom stereocenters. The van der Waals surface area contributed by atoms with E-state index >= 15 is 0 Å². The van der Waals surface area contributed by atoms with Crippen LogP contribution < -0.4 is 5.32 Å². The van der Waals surface area contributed by atoms with Crippen molar-refractivity contribution >= 4 is 0 Å². The summed E-state index contributed by atoms with van der Waals surface area (Å²) in [7, 11) is 0. The van der Waals surface area contributed by atoms with Crippen LogP contribution in [0.3, 0.4) is 0 Å². The highest BCUT2D eigenvalue weighted by atomic mass is 19.4. The lowest BCUT2D eigenvalue weighted by Gasteiger charge is -2.25. The molecule has 0 radical (unpaired) electrons. The van der Waals surface area contributed by atoms with Crippen molar-refractivity contribution in [2.75, 3.05) is 26.2 Å². The number of nitrogens with zero attached hydrogens (tertiary/aromatic N) is 3. The molecule has 16 heavy (non-hydrogen) atoms. The highest BCUT2D eigenvalue weighted by Crippen LogP contribution is 2.27. The van der Waals surface area contributed by atoms with Crippen LogP contribution in [-0.2, 0) is 12.7 Å². The average molecular weight is 236 g/mol. The molecule has 1 aromatic rings. The molecule has 1 saturated heterocycles. The van der Waals surface area contributed by atoms with Crippen LogP contribution in [0.1, 0.15) is 11.8 Å². The maximum absolute atomic E-state index is 12.2. The van der Waals surface area contributed by atoms with Crippen LogP contribution in [0, 0.1) is 0 Å². The molecule has 0 saturated carbocycles. The lowest BCUT2D eigenvalue weighted by atomic mass is 10.3. The van der Waals surface area contributed by atoms with Crippen molar-refractivity contribution in [1.29, 1.82) is 0 Å². The topological polar surface area (TPSA) is 54.2 Å². The van der Waals surface area contributed by atoms with Gasteiger partial charge < -0.3 is 9.73 Å². The average Bonchev–Trinajstić information content (AvgIpc) is 2.67. The molecular formula is C8H11F3N4O. The van der Waals surface area contributed by atoms with E-state index in [1.54, 1.807) is 0 Å². The van der Waals surface area contributed by atoms with Crippen molar-refractivity contribution in [3.8, 4) is 0 Å². The smallest absolute Gasteiger partial charge is 0.416 e. The number of piperazine rings is 1.